The average Bonchev–Trinajstić information content (AvgIpc) is 2.97. The molecule has 1 atom stereocenters. The van der Waals surface area contributed by atoms with Gasteiger partial charge in [-0.2, -0.15) is 15.4 Å². The number of hydrogen-bond donors (Lipinski definition) is 3. The van der Waals surface area contributed by atoms with Crippen LogP contribution >= 0.6 is 11.6 Å². The van der Waals surface area contributed by atoms with Crippen molar-refractivity contribution in [1.82, 2.24) is 20.7 Å². The Hall–Kier alpha value is -1.92. The molecule has 1 aromatic carbocycles. The van der Waals surface area contributed by atoms with E-state index >= 15 is 0 Å². The number of benzene rings is 1. The molecule has 3 N–H and O–H groups in total. The Bertz CT molecular complexity index is 682. The van der Waals surface area contributed by atoms with Crippen molar-refractivity contribution in [2.24, 2.45) is 5.92 Å². The molecule has 1 aliphatic carbocycles. The average molecular weight is 349 g/mol. The van der Waals surface area contributed by atoms with Gasteiger partial charge in [-0.25, -0.2) is 0 Å². The van der Waals surface area contributed by atoms with Crippen LogP contribution in [0.5, 0.6) is 0 Å². The summed E-state index contributed by atoms with van der Waals surface area (Å²) in [5.41, 5.74) is 1.69. The van der Waals surface area contributed by atoms with Gasteiger partial charge in [-0.1, -0.05) is 43.4 Å². The molecule has 0 saturated heterocycles. The number of H-pyrrole nitrogens is 1. The standard InChI is InChI=1S/C17H21ClN4O2/c18-14-8-7-12(15-10-19-22-21-15)9-13(14)17(24)20-16(23)11-5-3-1-2-4-6-11/h7-11,16,23H,1-6H2,(H,20,24)(H,19,21,22). The first kappa shape index (κ1) is 16.9. The van der Waals surface area contributed by atoms with Crippen molar-refractivity contribution in [2.45, 2.75) is 44.8 Å². The lowest BCUT2D eigenvalue weighted by molar-refractivity contribution is 0.0532. The SMILES string of the molecule is O=C(NC(O)C1CCCCCC1)c1cc(-c2cn[nH]n2)ccc1Cl. The van der Waals surface area contributed by atoms with E-state index in [1.165, 1.54) is 12.8 Å². The van der Waals surface area contributed by atoms with Gasteiger partial charge >= 0.3 is 0 Å². The molecule has 3 rings (SSSR count). The summed E-state index contributed by atoms with van der Waals surface area (Å²) in [6.07, 6.45) is 7.20. The number of carbonyl (C=O) groups is 1. The minimum Gasteiger partial charge on any atom is -0.373 e. The van der Waals surface area contributed by atoms with E-state index in [2.05, 4.69) is 20.7 Å². The Morgan fingerprint density at radius 2 is 2.04 bits per heavy atom. The molecule has 0 aliphatic heterocycles. The Balaban J connectivity index is 1.73. The van der Waals surface area contributed by atoms with Gasteiger partial charge < -0.3 is 10.4 Å². The number of aliphatic hydroxyl groups is 1. The highest BCUT2D eigenvalue weighted by Gasteiger charge is 2.23. The van der Waals surface area contributed by atoms with E-state index in [9.17, 15) is 9.90 Å². The summed E-state index contributed by atoms with van der Waals surface area (Å²) in [5, 5.41) is 23.7. The summed E-state index contributed by atoms with van der Waals surface area (Å²) in [6, 6.07) is 5.09. The lowest BCUT2D eigenvalue weighted by Crippen LogP contribution is -2.40. The zero-order chi connectivity index (χ0) is 16.9. The molecule has 1 saturated carbocycles. The van der Waals surface area contributed by atoms with Crippen LogP contribution in [0.2, 0.25) is 5.02 Å². The summed E-state index contributed by atoms with van der Waals surface area (Å²) < 4.78 is 0. The molecule has 1 fully saturated rings. The fraction of sp³-hybridized carbons (Fsp3) is 0.471. The minimum absolute atomic E-state index is 0.106. The Morgan fingerprint density at radius 1 is 1.29 bits per heavy atom. The zero-order valence-corrected chi connectivity index (χ0v) is 14.1. The van der Waals surface area contributed by atoms with Crippen molar-refractivity contribution in [1.29, 1.82) is 0 Å². The minimum atomic E-state index is -0.845. The molecule has 2 aromatic rings. The van der Waals surface area contributed by atoms with E-state index in [1.807, 2.05) is 0 Å². The fourth-order valence-electron chi connectivity index (χ4n) is 3.16. The zero-order valence-electron chi connectivity index (χ0n) is 13.3. The molecule has 6 nitrogen and oxygen atoms in total. The maximum absolute atomic E-state index is 12.5. The number of halogens is 1. The lowest BCUT2D eigenvalue weighted by atomic mass is 9.98. The first-order chi connectivity index (χ1) is 11.6. The van der Waals surface area contributed by atoms with Crippen LogP contribution in [0.3, 0.4) is 0 Å². The van der Waals surface area contributed by atoms with Crippen LogP contribution in [-0.2, 0) is 0 Å². The van der Waals surface area contributed by atoms with E-state index in [0.717, 1.165) is 31.2 Å². The molecule has 1 unspecified atom stereocenters. The van der Waals surface area contributed by atoms with Gasteiger partial charge in [0.1, 0.15) is 11.9 Å². The maximum atomic E-state index is 12.5. The predicted molar refractivity (Wildman–Crippen MR) is 91.5 cm³/mol. The second-order valence-electron chi connectivity index (χ2n) is 6.22. The quantitative estimate of drug-likeness (QED) is 0.584. The third kappa shape index (κ3) is 3.94. The van der Waals surface area contributed by atoms with Gasteiger partial charge in [0.2, 0.25) is 0 Å². The van der Waals surface area contributed by atoms with E-state index in [0.29, 0.717) is 16.3 Å². The third-order valence-electron chi connectivity index (χ3n) is 4.55. The molecule has 1 aromatic heterocycles. The van der Waals surface area contributed by atoms with Crippen molar-refractivity contribution in [3.8, 4) is 11.3 Å². The van der Waals surface area contributed by atoms with Gasteiger partial charge in [-0.15, -0.1) is 0 Å². The second kappa shape index (κ2) is 7.77. The van der Waals surface area contributed by atoms with Crippen molar-refractivity contribution in [3.63, 3.8) is 0 Å². The van der Waals surface area contributed by atoms with Gasteiger partial charge in [-0.05, 0) is 25.0 Å². The molecule has 1 heterocycles. The van der Waals surface area contributed by atoms with Crippen LogP contribution in [-0.4, -0.2) is 32.7 Å². The highest BCUT2D eigenvalue weighted by atomic mass is 35.5. The van der Waals surface area contributed by atoms with Gasteiger partial charge in [0.05, 0.1) is 16.8 Å². The smallest absolute Gasteiger partial charge is 0.254 e. The molecular weight excluding hydrogens is 328 g/mol. The van der Waals surface area contributed by atoms with Crippen LogP contribution in [0.4, 0.5) is 0 Å². The molecule has 0 bridgehead atoms. The Morgan fingerprint density at radius 3 is 2.71 bits per heavy atom. The van der Waals surface area contributed by atoms with E-state index in [-0.39, 0.29) is 11.8 Å². The number of aliphatic hydroxyl groups excluding tert-OH is 1. The maximum Gasteiger partial charge on any atom is 0.254 e. The number of amides is 1. The lowest BCUT2D eigenvalue weighted by Gasteiger charge is -2.22. The van der Waals surface area contributed by atoms with Gasteiger partial charge in [0, 0.05) is 11.5 Å². The number of aromatic amines is 1. The van der Waals surface area contributed by atoms with Gasteiger partial charge in [0.15, 0.2) is 0 Å². The van der Waals surface area contributed by atoms with Gasteiger partial charge in [0.25, 0.3) is 5.91 Å². The topological polar surface area (TPSA) is 90.9 Å². The van der Waals surface area contributed by atoms with E-state index in [4.69, 9.17) is 11.6 Å². The molecule has 128 valence electrons. The highest BCUT2D eigenvalue weighted by molar-refractivity contribution is 6.34. The fourth-order valence-corrected chi connectivity index (χ4v) is 3.36. The third-order valence-corrected chi connectivity index (χ3v) is 4.88. The predicted octanol–water partition coefficient (Wildman–Crippen LogP) is 3.14. The van der Waals surface area contributed by atoms with Crippen molar-refractivity contribution in [3.05, 3.63) is 35.0 Å². The van der Waals surface area contributed by atoms with Crippen LogP contribution in [0.15, 0.2) is 24.4 Å². The largest absolute Gasteiger partial charge is 0.373 e. The second-order valence-corrected chi connectivity index (χ2v) is 6.63. The summed E-state index contributed by atoms with van der Waals surface area (Å²) in [6.45, 7) is 0. The Labute approximate surface area is 145 Å². The van der Waals surface area contributed by atoms with Crippen molar-refractivity contribution >= 4 is 17.5 Å². The number of rotatable bonds is 4. The molecule has 0 spiro atoms. The van der Waals surface area contributed by atoms with Crippen LogP contribution in [0.1, 0.15) is 48.9 Å². The summed E-state index contributed by atoms with van der Waals surface area (Å²) in [5.74, 6) is -0.268. The number of carbonyl (C=O) groups excluding carboxylic acids is 1. The molecule has 1 aliphatic rings. The van der Waals surface area contributed by atoms with Crippen LogP contribution in [0.25, 0.3) is 11.3 Å². The molecular formula is C17H21ClN4O2. The van der Waals surface area contributed by atoms with Gasteiger partial charge in [-0.3, -0.25) is 4.79 Å². The van der Waals surface area contributed by atoms with Crippen molar-refractivity contribution < 1.29 is 9.90 Å². The van der Waals surface area contributed by atoms with Crippen LogP contribution in [0, 0.1) is 5.92 Å². The summed E-state index contributed by atoms with van der Waals surface area (Å²) in [4.78, 5) is 12.5. The number of hydrogen-bond acceptors (Lipinski definition) is 4. The van der Waals surface area contributed by atoms with E-state index < -0.39 is 6.23 Å². The molecule has 7 heteroatoms. The first-order valence-electron chi connectivity index (χ1n) is 8.30. The normalized spacial score (nSPS) is 17.2. The summed E-state index contributed by atoms with van der Waals surface area (Å²) >= 11 is 6.16. The number of aromatic nitrogens is 3. The van der Waals surface area contributed by atoms with Crippen molar-refractivity contribution in [2.75, 3.05) is 0 Å². The molecule has 1 amide bonds. The number of nitrogens with zero attached hydrogens (tertiary/aromatic N) is 2. The monoisotopic (exact) mass is 348 g/mol. The molecule has 0 radical (unpaired) electrons. The number of nitrogens with one attached hydrogen (secondary N) is 2. The highest BCUT2D eigenvalue weighted by Crippen LogP contribution is 2.26. The van der Waals surface area contributed by atoms with Crippen LogP contribution < -0.4 is 5.32 Å². The first-order valence-corrected chi connectivity index (χ1v) is 8.67. The Kier molecular flexibility index (Phi) is 5.48. The van der Waals surface area contributed by atoms with E-state index in [1.54, 1.807) is 24.4 Å². The summed E-state index contributed by atoms with van der Waals surface area (Å²) in [7, 11) is 0. The molecule has 24 heavy (non-hydrogen) atoms.